The molecule has 1 unspecified atom stereocenters. The molecule has 2 aromatic heterocycles. The van der Waals surface area contributed by atoms with Gasteiger partial charge in [0.15, 0.2) is 5.82 Å². The number of aromatic nitrogens is 3. The molecule has 1 aliphatic rings. The Morgan fingerprint density at radius 1 is 1.18 bits per heavy atom. The minimum absolute atomic E-state index is 0.175. The minimum Gasteiger partial charge on any atom is -0.465 e. The number of hydrogen-bond donors (Lipinski definition) is 2. The van der Waals surface area contributed by atoms with Gasteiger partial charge < -0.3 is 24.5 Å². The van der Waals surface area contributed by atoms with Gasteiger partial charge in [-0.15, -0.1) is 0 Å². The highest BCUT2D eigenvalue weighted by Crippen LogP contribution is 2.32. The molecule has 2 N–H and O–H groups in total. The molecule has 4 aromatic rings. The van der Waals surface area contributed by atoms with Gasteiger partial charge in [-0.2, -0.15) is 0 Å². The van der Waals surface area contributed by atoms with Gasteiger partial charge in [-0.3, -0.25) is 4.79 Å². The maximum absolute atomic E-state index is 13.3. The molecule has 1 atom stereocenters. The van der Waals surface area contributed by atoms with E-state index in [1.54, 1.807) is 4.90 Å². The molecule has 0 bridgehead atoms. The first-order chi connectivity index (χ1) is 16.4. The Kier molecular flexibility index (Phi) is 5.51. The number of nitrogens with zero attached hydrogens (tertiary/aromatic N) is 4. The lowest BCUT2D eigenvalue weighted by Crippen LogP contribution is -2.52. The zero-order valence-electron chi connectivity index (χ0n) is 19.7. The monoisotopic (exact) mass is 459 g/mol. The van der Waals surface area contributed by atoms with Crippen LogP contribution in [0.4, 0.5) is 4.79 Å². The first-order valence-electron chi connectivity index (χ1n) is 11.7. The zero-order chi connectivity index (χ0) is 24.0. The topological polar surface area (TPSA) is 92.4 Å². The van der Waals surface area contributed by atoms with Gasteiger partial charge in [-0.05, 0) is 62.9 Å². The maximum Gasteiger partial charge on any atom is 0.406 e. The molecular formula is C26H29N5O3. The summed E-state index contributed by atoms with van der Waals surface area (Å²) in [7, 11) is 1.99. The van der Waals surface area contributed by atoms with E-state index in [9.17, 15) is 9.59 Å². The second-order valence-electron chi connectivity index (χ2n) is 8.94. The average molecular weight is 460 g/mol. The van der Waals surface area contributed by atoms with Crippen LogP contribution in [0.15, 0.2) is 42.5 Å². The van der Waals surface area contributed by atoms with Crippen LogP contribution in [0.1, 0.15) is 42.1 Å². The first-order valence-corrected chi connectivity index (χ1v) is 11.7. The molecule has 34 heavy (non-hydrogen) atoms. The standard InChI is InChI=1S/C26H29N5O3/c1-4-30-21(15-17-9-7-8-16(2)23(17)30)24-27-19-14-18(11-12-20(19)29(24)3)25(32)31-13-6-5-10-22(31)28-26(33)34/h7-9,11-12,14-15,22,28H,4-6,10,13H2,1-3H3,(H,33,34). The van der Waals surface area contributed by atoms with Gasteiger partial charge in [-0.25, -0.2) is 9.78 Å². The predicted molar refractivity (Wildman–Crippen MR) is 132 cm³/mol. The van der Waals surface area contributed by atoms with Crippen LogP contribution in [-0.4, -0.2) is 48.8 Å². The van der Waals surface area contributed by atoms with Gasteiger partial charge in [-0.1, -0.05) is 18.2 Å². The Labute approximate surface area is 197 Å². The van der Waals surface area contributed by atoms with Crippen molar-refractivity contribution in [2.45, 2.75) is 45.8 Å². The summed E-state index contributed by atoms with van der Waals surface area (Å²) in [6.07, 6.45) is 0.755. The highest BCUT2D eigenvalue weighted by molar-refractivity contribution is 5.98. The average Bonchev–Trinajstić information content (AvgIpc) is 3.36. The number of amides is 2. The van der Waals surface area contributed by atoms with Gasteiger partial charge in [0.1, 0.15) is 6.17 Å². The van der Waals surface area contributed by atoms with E-state index < -0.39 is 12.3 Å². The van der Waals surface area contributed by atoms with Crippen LogP contribution in [0.2, 0.25) is 0 Å². The van der Waals surface area contributed by atoms with Crippen LogP contribution in [-0.2, 0) is 13.6 Å². The third-order valence-electron chi connectivity index (χ3n) is 6.85. The van der Waals surface area contributed by atoms with Crippen molar-refractivity contribution in [3.63, 3.8) is 0 Å². The quantitative estimate of drug-likeness (QED) is 0.461. The van der Waals surface area contributed by atoms with Crippen molar-refractivity contribution < 1.29 is 14.7 Å². The third kappa shape index (κ3) is 3.59. The number of carbonyl (C=O) groups is 2. The molecule has 8 heteroatoms. The summed E-state index contributed by atoms with van der Waals surface area (Å²) >= 11 is 0. The number of carboxylic acid groups (broad SMARTS) is 1. The Hall–Kier alpha value is -3.81. The second kappa shape index (κ2) is 8.52. The van der Waals surface area contributed by atoms with E-state index in [1.165, 1.54) is 16.5 Å². The van der Waals surface area contributed by atoms with Gasteiger partial charge in [0, 0.05) is 31.1 Å². The van der Waals surface area contributed by atoms with Crippen molar-refractivity contribution in [3.05, 3.63) is 53.6 Å². The van der Waals surface area contributed by atoms with Crippen molar-refractivity contribution in [3.8, 4) is 11.5 Å². The largest absolute Gasteiger partial charge is 0.465 e. The first kappa shape index (κ1) is 22.0. The number of para-hydroxylation sites is 1. The summed E-state index contributed by atoms with van der Waals surface area (Å²) in [6, 6.07) is 14.0. The summed E-state index contributed by atoms with van der Waals surface area (Å²) in [5, 5.41) is 12.8. The summed E-state index contributed by atoms with van der Waals surface area (Å²) in [5.74, 6) is 0.672. The zero-order valence-corrected chi connectivity index (χ0v) is 19.7. The minimum atomic E-state index is -1.11. The number of aryl methyl sites for hydroxylation is 3. The van der Waals surface area contributed by atoms with E-state index in [0.29, 0.717) is 18.5 Å². The number of nitrogens with one attached hydrogen (secondary N) is 1. The Bertz CT molecular complexity index is 1420. The lowest BCUT2D eigenvalue weighted by atomic mass is 10.1. The Morgan fingerprint density at radius 3 is 2.76 bits per heavy atom. The van der Waals surface area contributed by atoms with E-state index in [0.717, 1.165) is 41.9 Å². The fourth-order valence-electron chi connectivity index (χ4n) is 5.22. The molecule has 0 radical (unpaired) electrons. The van der Waals surface area contributed by atoms with Crippen LogP contribution in [0.25, 0.3) is 33.5 Å². The van der Waals surface area contributed by atoms with Crippen LogP contribution in [0, 0.1) is 6.92 Å². The van der Waals surface area contributed by atoms with Crippen molar-refractivity contribution in [2.24, 2.45) is 7.05 Å². The predicted octanol–water partition coefficient (Wildman–Crippen LogP) is 4.74. The molecule has 5 rings (SSSR count). The number of benzene rings is 2. The van der Waals surface area contributed by atoms with E-state index in [-0.39, 0.29) is 5.91 Å². The fourth-order valence-corrected chi connectivity index (χ4v) is 5.22. The van der Waals surface area contributed by atoms with E-state index in [4.69, 9.17) is 10.1 Å². The lowest BCUT2D eigenvalue weighted by Gasteiger charge is -2.35. The molecule has 3 heterocycles. The van der Waals surface area contributed by atoms with Gasteiger partial charge >= 0.3 is 6.09 Å². The van der Waals surface area contributed by atoms with Gasteiger partial charge in [0.25, 0.3) is 5.91 Å². The summed E-state index contributed by atoms with van der Waals surface area (Å²) in [4.78, 5) is 31.1. The third-order valence-corrected chi connectivity index (χ3v) is 6.85. The molecule has 1 fully saturated rings. The summed E-state index contributed by atoms with van der Waals surface area (Å²) < 4.78 is 4.35. The highest BCUT2D eigenvalue weighted by atomic mass is 16.4. The SMILES string of the molecule is CCn1c(-c2nc3cc(C(=O)N4CCCCC4NC(=O)O)ccc3n2C)cc2cccc(C)c21. The van der Waals surface area contributed by atoms with Gasteiger partial charge in [0.05, 0.1) is 22.2 Å². The molecule has 1 saturated heterocycles. The lowest BCUT2D eigenvalue weighted by molar-refractivity contribution is 0.0565. The van der Waals surface area contributed by atoms with E-state index >= 15 is 0 Å². The number of imidazole rings is 1. The molecular weight excluding hydrogens is 430 g/mol. The van der Waals surface area contributed by atoms with Crippen molar-refractivity contribution in [2.75, 3.05) is 6.54 Å². The van der Waals surface area contributed by atoms with E-state index in [2.05, 4.69) is 52.6 Å². The molecule has 2 amide bonds. The molecule has 0 saturated carbocycles. The van der Waals surface area contributed by atoms with Crippen molar-refractivity contribution in [1.82, 2.24) is 24.3 Å². The van der Waals surface area contributed by atoms with E-state index in [1.807, 2.05) is 25.2 Å². The maximum atomic E-state index is 13.3. The number of hydrogen-bond acceptors (Lipinski definition) is 3. The van der Waals surface area contributed by atoms with Crippen LogP contribution < -0.4 is 5.32 Å². The number of fused-ring (bicyclic) bond motifs is 2. The fraction of sp³-hybridized carbons (Fsp3) is 0.346. The number of rotatable bonds is 4. The van der Waals surface area contributed by atoms with Crippen molar-refractivity contribution in [1.29, 1.82) is 0 Å². The number of piperidine rings is 1. The summed E-state index contributed by atoms with van der Waals surface area (Å²) in [6.45, 7) is 5.61. The molecule has 2 aromatic carbocycles. The van der Waals surface area contributed by atoms with Crippen LogP contribution >= 0.6 is 0 Å². The number of carbonyl (C=O) groups excluding carboxylic acids is 1. The molecule has 0 aliphatic carbocycles. The normalized spacial score (nSPS) is 16.3. The Balaban J connectivity index is 1.55. The van der Waals surface area contributed by atoms with Crippen LogP contribution in [0.5, 0.6) is 0 Å². The Morgan fingerprint density at radius 2 is 2.00 bits per heavy atom. The summed E-state index contributed by atoms with van der Waals surface area (Å²) in [5.41, 5.74) is 5.68. The van der Waals surface area contributed by atoms with Crippen molar-refractivity contribution >= 4 is 33.9 Å². The highest BCUT2D eigenvalue weighted by Gasteiger charge is 2.29. The molecule has 1 aliphatic heterocycles. The second-order valence-corrected chi connectivity index (χ2v) is 8.94. The smallest absolute Gasteiger partial charge is 0.406 e. The van der Waals surface area contributed by atoms with Gasteiger partial charge in [0.2, 0.25) is 0 Å². The number of likely N-dealkylation sites (tertiary alicyclic amines) is 1. The van der Waals surface area contributed by atoms with Crippen LogP contribution in [0.3, 0.4) is 0 Å². The molecule has 0 spiro atoms. The molecule has 8 nitrogen and oxygen atoms in total. The molecule has 176 valence electrons.